The van der Waals surface area contributed by atoms with E-state index in [0.717, 1.165) is 24.1 Å². The Labute approximate surface area is 114 Å². The first kappa shape index (κ1) is 13.5. The number of nitrogens with one attached hydrogen (secondary N) is 1. The highest BCUT2D eigenvalue weighted by Crippen LogP contribution is 2.21. The minimum Gasteiger partial charge on any atom is -0.354 e. The number of benzene rings is 1. The van der Waals surface area contributed by atoms with Crippen LogP contribution in [0.15, 0.2) is 30.6 Å². The van der Waals surface area contributed by atoms with E-state index >= 15 is 0 Å². The van der Waals surface area contributed by atoms with Crippen molar-refractivity contribution < 1.29 is 0 Å². The largest absolute Gasteiger partial charge is 0.354 e. The van der Waals surface area contributed by atoms with Gasteiger partial charge < -0.3 is 11.1 Å². The molecule has 1 aromatic heterocycles. The van der Waals surface area contributed by atoms with E-state index < -0.39 is 0 Å². The summed E-state index contributed by atoms with van der Waals surface area (Å²) in [5.74, 6) is 0.654. The lowest BCUT2D eigenvalue weighted by Gasteiger charge is -2.07. The number of hydrogen-bond acceptors (Lipinski definition) is 4. The second kappa shape index (κ2) is 6.29. The van der Waals surface area contributed by atoms with E-state index in [2.05, 4.69) is 47.3 Å². The Balaban J connectivity index is 2.11. The van der Waals surface area contributed by atoms with Crippen molar-refractivity contribution in [1.82, 2.24) is 9.97 Å². The highest BCUT2D eigenvalue weighted by atomic mass is 15.1. The van der Waals surface area contributed by atoms with Gasteiger partial charge >= 0.3 is 0 Å². The third kappa shape index (κ3) is 3.51. The van der Waals surface area contributed by atoms with Crippen LogP contribution in [0.25, 0.3) is 11.1 Å². The number of rotatable bonds is 5. The molecule has 1 heterocycles. The van der Waals surface area contributed by atoms with Crippen LogP contribution in [0.2, 0.25) is 0 Å². The lowest BCUT2D eigenvalue weighted by Crippen LogP contribution is -2.10. The van der Waals surface area contributed by atoms with Crippen molar-refractivity contribution in [3.63, 3.8) is 0 Å². The first-order valence-electron chi connectivity index (χ1n) is 6.54. The van der Waals surface area contributed by atoms with Crippen LogP contribution >= 0.6 is 0 Å². The first-order valence-corrected chi connectivity index (χ1v) is 6.54. The maximum atomic E-state index is 5.44. The third-order valence-electron chi connectivity index (χ3n) is 3.16. The molecule has 0 amide bonds. The standard InChI is InChI=1S/C15H20N4/c1-11-4-5-13(8-12(11)2)14-9-18-15(19-10-14)17-7-3-6-16/h4-5,8-10H,3,6-7,16H2,1-2H3,(H,17,18,19). The molecule has 0 bridgehead atoms. The topological polar surface area (TPSA) is 63.8 Å². The molecule has 0 spiro atoms. The molecule has 0 saturated heterocycles. The molecule has 0 aliphatic rings. The molecule has 0 aliphatic heterocycles. The van der Waals surface area contributed by atoms with Gasteiger partial charge in [-0.2, -0.15) is 0 Å². The summed E-state index contributed by atoms with van der Waals surface area (Å²) in [6.07, 6.45) is 4.62. The van der Waals surface area contributed by atoms with Gasteiger partial charge in [0, 0.05) is 24.5 Å². The number of nitrogens with zero attached hydrogens (tertiary/aromatic N) is 2. The Hall–Kier alpha value is -1.94. The fourth-order valence-electron chi connectivity index (χ4n) is 1.79. The van der Waals surface area contributed by atoms with Gasteiger partial charge in [-0.15, -0.1) is 0 Å². The van der Waals surface area contributed by atoms with Crippen molar-refractivity contribution in [3.8, 4) is 11.1 Å². The third-order valence-corrected chi connectivity index (χ3v) is 3.16. The molecule has 0 fully saturated rings. The molecule has 19 heavy (non-hydrogen) atoms. The summed E-state index contributed by atoms with van der Waals surface area (Å²) in [6.45, 7) is 5.70. The summed E-state index contributed by atoms with van der Waals surface area (Å²) in [5.41, 5.74) is 10.2. The van der Waals surface area contributed by atoms with Crippen molar-refractivity contribution in [2.75, 3.05) is 18.4 Å². The molecule has 3 N–H and O–H groups in total. The number of anilines is 1. The molecular weight excluding hydrogens is 236 g/mol. The number of hydrogen-bond donors (Lipinski definition) is 2. The van der Waals surface area contributed by atoms with Crippen LogP contribution in [-0.4, -0.2) is 23.1 Å². The van der Waals surface area contributed by atoms with Gasteiger partial charge in [-0.3, -0.25) is 0 Å². The lowest BCUT2D eigenvalue weighted by atomic mass is 10.0. The Morgan fingerprint density at radius 2 is 1.79 bits per heavy atom. The fraction of sp³-hybridized carbons (Fsp3) is 0.333. The average Bonchev–Trinajstić information content (AvgIpc) is 2.43. The SMILES string of the molecule is Cc1ccc(-c2cnc(NCCCN)nc2)cc1C. The van der Waals surface area contributed by atoms with Crippen LogP contribution in [0.1, 0.15) is 17.5 Å². The molecule has 0 unspecified atom stereocenters. The fourth-order valence-corrected chi connectivity index (χ4v) is 1.79. The molecule has 2 rings (SSSR count). The summed E-state index contributed by atoms with van der Waals surface area (Å²) in [6, 6.07) is 6.39. The van der Waals surface area contributed by atoms with Gasteiger partial charge in [0.05, 0.1) is 0 Å². The van der Waals surface area contributed by atoms with Gasteiger partial charge in [0.2, 0.25) is 5.95 Å². The predicted octanol–water partition coefficient (Wildman–Crippen LogP) is 2.52. The predicted molar refractivity (Wildman–Crippen MR) is 79.1 cm³/mol. The van der Waals surface area contributed by atoms with E-state index in [0.29, 0.717) is 12.5 Å². The quantitative estimate of drug-likeness (QED) is 0.807. The number of nitrogens with two attached hydrogens (primary N) is 1. The normalized spacial score (nSPS) is 10.5. The average molecular weight is 256 g/mol. The smallest absolute Gasteiger partial charge is 0.222 e. The van der Waals surface area contributed by atoms with Crippen LogP contribution < -0.4 is 11.1 Å². The van der Waals surface area contributed by atoms with Crippen molar-refractivity contribution in [2.45, 2.75) is 20.3 Å². The summed E-state index contributed by atoms with van der Waals surface area (Å²) in [5, 5.41) is 3.14. The van der Waals surface area contributed by atoms with Crippen LogP contribution in [0.5, 0.6) is 0 Å². The Morgan fingerprint density at radius 1 is 1.05 bits per heavy atom. The second-order valence-corrected chi connectivity index (χ2v) is 4.66. The minimum atomic E-state index is 0.654. The maximum Gasteiger partial charge on any atom is 0.222 e. The van der Waals surface area contributed by atoms with Gasteiger partial charge in [0.25, 0.3) is 0 Å². The monoisotopic (exact) mass is 256 g/mol. The molecule has 100 valence electrons. The molecular formula is C15H20N4. The maximum absolute atomic E-state index is 5.44. The van der Waals surface area contributed by atoms with E-state index in [-0.39, 0.29) is 0 Å². The lowest BCUT2D eigenvalue weighted by molar-refractivity contribution is 0.864. The van der Waals surface area contributed by atoms with E-state index in [4.69, 9.17) is 5.73 Å². The molecule has 0 aliphatic carbocycles. The van der Waals surface area contributed by atoms with Crippen molar-refractivity contribution in [3.05, 3.63) is 41.7 Å². The summed E-state index contributed by atoms with van der Waals surface area (Å²) in [7, 11) is 0. The highest BCUT2D eigenvalue weighted by Gasteiger charge is 2.02. The Bertz CT molecular complexity index is 534. The Morgan fingerprint density at radius 3 is 2.42 bits per heavy atom. The Kier molecular flexibility index (Phi) is 4.47. The van der Waals surface area contributed by atoms with Crippen LogP contribution in [0, 0.1) is 13.8 Å². The van der Waals surface area contributed by atoms with E-state index in [1.54, 1.807) is 0 Å². The molecule has 1 aromatic carbocycles. The molecule has 0 saturated carbocycles. The van der Waals surface area contributed by atoms with E-state index in [1.807, 2.05) is 12.4 Å². The zero-order chi connectivity index (χ0) is 13.7. The number of aryl methyl sites for hydroxylation is 2. The summed E-state index contributed by atoms with van der Waals surface area (Å²) in [4.78, 5) is 8.63. The van der Waals surface area contributed by atoms with Crippen molar-refractivity contribution in [2.24, 2.45) is 5.73 Å². The van der Waals surface area contributed by atoms with E-state index in [9.17, 15) is 0 Å². The number of aromatic nitrogens is 2. The van der Waals surface area contributed by atoms with Crippen molar-refractivity contribution in [1.29, 1.82) is 0 Å². The molecule has 4 nitrogen and oxygen atoms in total. The second-order valence-electron chi connectivity index (χ2n) is 4.66. The van der Waals surface area contributed by atoms with Gasteiger partial charge in [0.1, 0.15) is 0 Å². The van der Waals surface area contributed by atoms with Crippen LogP contribution in [-0.2, 0) is 0 Å². The van der Waals surface area contributed by atoms with Crippen LogP contribution in [0.4, 0.5) is 5.95 Å². The van der Waals surface area contributed by atoms with Crippen LogP contribution in [0.3, 0.4) is 0 Å². The molecule has 0 radical (unpaired) electrons. The molecule has 4 heteroatoms. The first-order chi connectivity index (χ1) is 9.20. The van der Waals surface area contributed by atoms with E-state index in [1.165, 1.54) is 11.1 Å². The zero-order valence-corrected chi connectivity index (χ0v) is 11.5. The van der Waals surface area contributed by atoms with Gasteiger partial charge in [-0.05, 0) is 43.5 Å². The molecule has 0 atom stereocenters. The van der Waals surface area contributed by atoms with Crippen molar-refractivity contribution >= 4 is 5.95 Å². The van der Waals surface area contributed by atoms with Gasteiger partial charge in [-0.25, -0.2) is 9.97 Å². The molecule has 2 aromatic rings. The summed E-state index contributed by atoms with van der Waals surface area (Å²) < 4.78 is 0. The zero-order valence-electron chi connectivity index (χ0n) is 11.5. The minimum absolute atomic E-state index is 0.654. The van der Waals surface area contributed by atoms with Gasteiger partial charge in [0.15, 0.2) is 0 Å². The summed E-state index contributed by atoms with van der Waals surface area (Å²) >= 11 is 0. The highest BCUT2D eigenvalue weighted by molar-refractivity contribution is 5.63. The van der Waals surface area contributed by atoms with Gasteiger partial charge in [-0.1, -0.05) is 18.2 Å².